The lowest BCUT2D eigenvalue weighted by molar-refractivity contribution is -0.385. The Hall–Kier alpha value is -9.55. The maximum absolute atomic E-state index is 12.6. The number of carbonyl (C=O) groups is 10. The predicted octanol–water partition coefficient (Wildman–Crippen LogP) is -1.84. The van der Waals surface area contributed by atoms with Crippen molar-refractivity contribution in [2.45, 2.75) is 31.6 Å². The van der Waals surface area contributed by atoms with Gasteiger partial charge in [0.25, 0.3) is 11.4 Å². The highest BCUT2D eigenvalue weighted by Crippen LogP contribution is 2.33. The van der Waals surface area contributed by atoms with Crippen LogP contribution in [0.2, 0.25) is 0 Å². The quantitative estimate of drug-likeness (QED) is 0.0312. The van der Waals surface area contributed by atoms with E-state index in [1.54, 1.807) is 74.4 Å². The molecule has 6 rings (SSSR count). The van der Waals surface area contributed by atoms with Crippen molar-refractivity contribution in [3.8, 4) is 5.75 Å². The number of rotatable bonds is 26. The maximum Gasteiger partial charge on any atom is 0.325 e. The van der Waals surface area contributed by atoms with E-state index in [0.29, 0.717) is 69.4 Å². The van der Waals surface area contributed by atoms with Gasteiger partial charge in [0.2, 0.25) is 0 Å². The van der Waals surface area contributed by atoms with Gasteiger partial charge in [0, 0.05) is 160 Å². The van der Waals surface area contributed by atoms with Crippen LogP contribution < -0.4 is 4.74 Å². The smallest absolute Gasteiger partial charge is 0.325 e. The van der Waals surface area contributed by atoms with Crippen molar-refractivity contribution >= 4 is 71.1 Å². The number of carboxylic acids is 10. The molecule has 552 valence electrons. The molecule has 2 saturated heterocycles. The molecule has 2 unspecified atom stereocenters. The van der Waals surface area contributed by atoms with Crippen LogP contribution in [-0.4, -0.2) is 371 Å². The van der Waals surface area contributed by atoms with Crippen LogP contribution in [0, 0.1) is 20.2 Å². The Balaban J connectivity index is 0.000000328. The minimum Gasteiger partial charge on any atom is -0.496 e. The second-order valence-corrected chi connectivity index (χ2v) is 23.5. The van der Waals surface area contributed by atoms with Crippen LogP contribution in [-0.2, 0) is 72.2 Å². The summed E-state index contributed by atoms with van der Waals surface area (Å²) < 4.78 is 10.8. The number of nitro benzene ring substituents is 2. The van der Waals surface area contributed by atoms with Gasteiger partial charge in [-0.15, -0.1) is 0 Å². The van der Waals surface area contributed by atoms with Crippen molar-refractivity contribution in [1.29, 1.82) is 0 Å². The first-order valence-electron chi connectivity index (χ1n) is 31.4. The number of aliphatic carboxylic acids is 10. The molecular formula is C61H87N13O26. The van der Waals surface area contributed by atoms with Gasteiger partial charge in [-0.25, -0.2) is 0 Å². The zero-order chi connectivity index (χ0) is 74.0. The van der Waals surface area contributed by atoms with Gasteiger partial charge in [0.1, 0.15) is 11.8 Å². The lowest BCUT2D eigenvalue weighted by Gasteiger charge is -2.37. The fraction of sp³-hybridized carbons (Fsp3) is 0.557. The number of fused-ring (bicyclic) bond motifs is 2. The highest BCUT2D eigenvalue weighted by Gasteiger charge is 2.34. The minimum atomic E-state index is -1.39. The molecule has 3 aliphatic heterocycles. The number of hydrogen-bond donors (Lipinski definition) is 10. The molecule has 0 aliphatic carbocycles. The first-order chi connectivity index (χ1) is 47.4. The number of nitrogens with zero attached hydrogens (tertiary/aromatic N) is 13. The van der Waals surface area contributed by atoms with Gasteiger partial charge in [-0.3, -0.25) is 122 Å². The van der Waals surface area contributed by atoms with Gasteiger partial charge < -0.3 is 60.5 Å². The van der Waals surface area contributed by atoms with Crippen LogP contribution in [0.4, 0.5) is 11.4 Å². The molecule has 0 amide bonds. The minimum absolute atomic E-state index is 0.0581. The molecule has 2 atom stereocenters. The number of methoxy groups -OCH3 is 1. The van der Waals surface area contributed by atoms with Crippen molar-refractivity contribution < 1.29 is 118 Å². The van der Waals surface area contributed by atoms with E-state index in [9.17, 15) is 104 Å². The predicted molar refractivity (Wildman–Crippen MR) is 347 cm³/mol. The summed E-state index contributed by atoms with van der Waals surface area (Å²) in [5.74, 6) is -10.5. The number of aromatic nitrogens is 1. The standard InChI is InChI=1S/C24H29N5O9.C23H33N5O10.C14H25N3O7/c1-38-20-6-5-18(29(36)37)11-19(20)23(24(34)35)28-9-7-26(14-21(30)31)12-16-3-2-4-17(25-16)13-27(8-10-28)15-22(32)33;29-20(30)13-24-5-6-25(14-21(31)32)9-10-27(16-23(35)36)19(12-26(8-7-24)15-22(33)34)11-17-1-3-18(4-2-17)28(37)38;18-12(19)9-15-1-3-16(10-13(20)21)5-7-24-8-6-17(4-2-15)11-14(22)23/h2-6,11,23H,7-10,12-15H2,1H3,(H,30,31)(H,32,33)(H,34,35);1-4,19H,5-16H2,(H,29,30)(H,31,32)(H,33,34)(H,35,36);1-11H2,(H,18,19)(H,20,21)(H,22,23). The summed E-state index contributed by atoms with van der Waals surface area (Å²) in [6, 6.07) is 12.8. The van der Waals surface area contributed by atoms with Crippen LogP contribution in [0.25, 0.3) is 0 Å². The topological polar surface area (TPSA) is 523 Å². The van der Waals surface area contributed by atoms with Crippen molar-refractivity contribution in [3.05, 3.63) is 103 Å². The summed E-state index contributed by atoms with van der Waals surface area (Å²) in [6.07, 6.45) is 0.249. The summed E-state index contributed by atoms with van der Waals surface area (Å²) >= 11 is 0. The summed E-state index contributed by atoms with van der Waals surface area (Å²) in [5, 5.41) is 116. The zero-order valence-electron chi connectivity index (χ0n) is 55.2. The molecule has 1 aromatic heterocycles. The van der Waals surface area contributed by atoms with Crippen molar-refractivity contribution in [1.82, 2.24) is 54.0 Å². The molecule has 10 N–H and O–H groups in total. The molecule has 0 radical (unpaired) electrons. The molecule has 100 heavy (non-hydrogen) atoms. The SMILES string of the molecule is COc1ccc([N+](=O)[O-])cc1C(C(=O)O)N1CCN(CC(=O)O)Cc2cccc(n2)CN(CC(=O)O)CC1.O=C(O)CN1CCN(CC(=O)O)CCN(CC(=O)O)C(Cc2ccc([N+](=O)[O-])cc2)CN(CC(=O)O)CC1.O=C(O)CN1CCOCCN(CC(=O)O)CCN(CC(=O)O)CC1. The summed E-state index contributed by atoms with van der Waals surface area (Å²) in [5.41, 5.74) is 1.48. The van der Waals surface area contributed by atoms with Gasteiger partial charge in [0.05, 0.1) is 100 Å². The number of non-ortho nitro benzene ring substituents is 2. The van der Waals surface area contributed by atoms with Gasteiger partial charge >= 0.3 is 59.7 Å². The number of ether oxygens (including phenoxy) is 2. The Morgan fingerprint density at radius 3 is 1.19 bits per heavy atom. The Morgan fingerprint density at radius 1 is 0.460 bits per heavy atom. The number of hydrogen-bond acceptors (Lipinski definition) is 27. The molecule has 39 nitrogen and oxygen atoms in total. The van der Waals surface area contributed by atoms with E-state index in [4.69, 9.17) is 24.8 Å². The molecular weight excluding hydrogens is 1330 g/mol. The summed E-state index contributed by atoms with van der Waals surface area (Å²) in [7, 11) is 1.32. The monoisotopic (exact) mass is 1420 g/mol. The first kappa shape index (κ1) is 82.9. The Labute approximate surface area is 573 Å². The maximum atomic E-state index is 12.6. The fourth-order valence-electron chi connectivity index (χ4n) is 11.2. The molecule has 2 aromatic carbocycles. The third-order valence-corrected chi connectivity index (χ3v) is 15.9. The third kappa shape index (κ3) is 32.4. The molecule has 0 saturated carbocycles. The van der Waals surface area contributed by atoms with E-state index in [-0.39, 0.29) is 173 Å². The third-order valence-electron chi connectivity index (χ3n) is 15.9. The second kappa shape index (κ2) is 43.1. The molecule has 4 heterocycles. The highest BCUT2D eigenvalue weighted by molar-refractivity contribution is 5.77. The number of pyridine rings is 1. The van der Waals surface area contributed by atoms with E-state index >= 15 is 0 Å². The highest BCUT2D eigenvalue weighted by atomic mass is 16.6. The van der Waals surface area contributed by atoms with E-state index in [1.807, 2.05) is 0 Å². The van der Waals surface area contributed by atoms with Crippen molar-refractivity contribution in [2.24, 2.45) is 0 Å². The van der Waals surface area contributed by atoms with Crippen LogP contribution in [0.5, 0.6) is 5.75 Å². The van der Waals surface area contributed by atoms with Crippen LogP contribution in [0.3, 0.4) is 0 Å². The Kier molecular flexibility index (Phi) is 35.7. The van der Waals surface area contributed by atoms with Crippen LogP contribution in [0.15, 0.2) is 60.7 Å². The molecule has 3 aliphatic rings. The van der Waals surface area contributed by atoms with E-state index < -0.39 is 81.6 Å². The molecule has 39 heteroatoms. The average molecular weight is 1420 g/mol. The van der Waals surface area contributed by atoms with Gasteiger partial charge in [-0.1, -0.05) is 18.2 Å². The molecule has 2 fully saturated rings. The van der Waals surface area contributed by atoms with Gasteiger partial charge in [0.15, 0.2) is 0 Å². The lowest BCUT2D eigenvalue weighted by Crippen LogP contribution is -2.53. The first-order valence-corrected chi connectivity index (χ1v) is 31.4. The fourth-order valence-corrected chi connectivity index (χ4v) is 11.2. The van der Waals surface area contributed by atoms with Crippen LogP contribution in [0.1, 0.15) is 28.6 Å². The Bertz CT molecular complexity index is 3170. The molecule has 0 spiro atoms. The number of carboxylic acid groups (broad SMARTS) is 10. The molecule has 3 aromatic rings. The van der Waals surface area contributed by atoms with E-state index in [0.717, 1.165) is 6.07 Å². The van der Waals surface area contributed by atoms with Crippen molar-refractivity contribution in [2.75, 3.05) is 190 Å². The van der Waals surface area contributed by atoms with Gasteiger partial charge in [-0.05, 0) is 30.2 Å². The number of nitro groups is 2. The van der Waals surface area contributed by atoms with Gasteiger partial charge in [-0.2, -0.15) is 0 Å². The largest absolute Gasteiger partial charge is 0.496 e. The Morgan fingerprint density at radius 2 is 0.810 bits per heavy atom. The lowest BCUT2D eigenvalue weighted by atomic mass is 10.0. The summed E-state index contributed by atoms with van der Waals surface area (Å²) in [4.78, 5) is 157. The number of benzene rings is 2. The van der Waals surface area contributed by atoms with Crippen molar-refractivity contribution in [3.63, 3.8) is 0 Å². The van der Waals surface area contributed by atoms with E-state index in [2.05, 4.69) is 4.98 Å². The average Bonchev–Trinajstić information content (AvgIpc) is 0.806. The van der Waals surface area contributed by atoms with Crippen LogP contribution >= 0.6 is 0 Å². The normalized spacial score (nSPS) is 18.4. The summed E-state index contributed by atoms with van der Waals surface area (Å²) in [6.45, 7) is 2.70. The second-order valence-electron chi connectivity index (χ2n) is 23.5. The molecule has 2 bridgehead atoms. The zero-order valence-corrected chi connectivity index (χ0v) is 55.2. The van der Waals surface area contributed by atoms with E-state index in [1.165, 1.54) is 36.3 Å².